The maximum atomic E-state index is 11.1. The molecule has 0 fully saturated rings. The van der Waals surface area contributed by atoms with Gasteiger partial charge in [0.25, 0.3) is 0 Å². The van der Waals surface area contributed by atoms with Crippen LogP contribution in [0.1, 0.15) is 32.9 Å². The van der Waals surface area contributed by atoms with E-state index in [1.54, 1.807) is 30.3 Å². The molecule has 0 unspecified atom stereocenters. The summed E-state index contributed by atoms with van der Waals surface area (Å²) in [5.74, 6) is 0.606. The van der Waals surface area contributed by atoms with Gasteiger partial charge in [0.1, 0.15) is 11.4 Å². The lowest BCUT2D eigenvalue weighted by Crippen LogP contribution is -2.14. The minimum Gasteiger partial charge on any atom is -0.453 e. The van der Waals surface area contributed by atoms with Gasteiger partial charge in [-0.2, -0.15) is 10.4 Å². The van der Waals surface area contributed by atoms with E-state index < -0.39 is 5.91 Å². The van der Waals surface area contributed by atoms with E-state index >= 15 is 0 Å². The molecular weight excluding hydrogens is 378 g/mol. The van der Waals surface area contributed by atoms with Crippen LogP contribution in [0.5, 0.6) is 11.5 Å². The molecule has 0 aliphatic heterocycles. The number of rotatable bonds is 7. The van der Waals surface area contributed by atoms with Crippen LogP contribution in [0.3, 0.4) is 0 Å². The van der Waals surface area contributed by atoms with Gasteiger partial charge in [0.2, 0.25) is 5.91 Å². The molecule has 0 bridgehead atoms. The lowest BCUT2D eigenvalue weighted by Gasteiger charge is -2.09. The van der Waals surface area contributed by atoms with Crippen molar-refractivity contribution >= 4 is 17.5 Å². The van der Waals surface area contributed by atoms with Gasteiger partial charge < -0.3 is 15.8 Å². The van der Waals surface area contributed by atoms with Crippen LogP contribution in [0.2, 0.25) is 5.02 Å². The molecule has 142 valence electrons. The van der Waals surface area contributed by atoms with Crippen LogP contribution in [0.15, 0.2) is 42.5 Å². The van der Waals surface area contributed by atoms with Gasteiger partial charge in [-0.1, -0.05) is 23.7 Å². The normalized spacial score (nSPS) is 10.5. The van der Waals surface area contributed by atoms with Crippen LogP contribution in [-0.4, -0.2) is 16.1 Å². The summed E-state index contributed by atoms with van der Waals surface area (Å²) in [5, 5.41) is 19.9. The highest BCUT2D eigenvalue weighted by Gasteiger charge is 2.13. The number of nitrogens with one attached hydrogen (secondary N) is 2. The van der Waals surface area contributed by atoms with E-state index in [4.69, 9.17) is 27.3 Å². The third-order valence-electron chi connectivity index (χ3n) is 4.05. The third-order valence-corrected chi connectivity index (χ3v) is 4.27. The molecule has 0 saturated heterocycles. The zero-order valence-corrected chi connectivity index (χ0v) is 15.9. The number of nitrogens with zero attached hydrogens (tertiary/aromatic N) is 2. The molecule has 0 saturated carbocycles. The number of nitriles is 1. The number of ether oxygens (including phenoxy) is 1. The Morgan fingerprint density at radius 2 is 2.04 bits per heavy atom. The average Bonchev–Trinajstić information content (AvgIpc) is 3.01. The Morgan fingerprint density at radius 1 is 1.29 bits per heavy atom. The zero-order valence-electron chi connectivity index (χ0n) is 15.1. The molecule has 0 aliphatic carbocycles. The third kappa shape index (κ3) is 4.68. The number of carbonyl (C=O) groups excluding carboxylic acids is 1. The fraction of sp³-hybridized carbons (Fsp3) is 0.150. The molecule has 7 nitrogen and oxygen atoms in total. The van der Waals surface area contributed by atoms with Gasteiger partial charge in [-0.05, 0) is 42.8 Å². The number of aromatic amines is 1. The summed E-state index contributed by atoms with van der Waals surface area (Å²) in [6.07, 6.45) is 0. The number of primary amides is 1. The lowest BCUT2D eigenvalue weighted by molar-refractivity contribution is 0.100. The summed E-state index contributed by atoms with van der Waals surface area (Å²) in [5.41, 5.74) is 8.61. The molecule has 8 heteroatoms. The molecular formula is C20H18ClN5O2. The summed E-state index contributed by atoms with van der Waals surface area (Å²) in [6, 6.07) is 14.0. The van der Waals surface area contributed by atoms with Crippen LogP contribution < -0.4 is 15.8 Å². The van der Waals surface area contributed by atoms with Crippen molar-refractivity contribution in [2.24, 2.45) is 5.73 Å². The van der Waals surface area contributed by atoms with Gasteiger partial charge in [-0.25, -0.2) is 0 Å². The van der Waals surface area contributed by atoms with Crippen molar-refractivity contribution in [3.8, 4) is 17.6 Å². The van der Waals surface area contributed by atoms with Gasteiger partial charge in [0.05, 0.1) is 17.3 Å². The van der Waals surface area contributed by atoms with Crippen molar-refractivity contribution < 1.29 is 9.53 Å². The van der Waals surface area contributed by atoms with Crippen LogP contribution in [0.4, 0.5) is 0 Å². The zero-order chi connectivity index (χ0) is 20.1. The Morgan fingerprint density at radius 3 is 2.71 bits per heavy atom. The number of benzene rings is 2. The van der Waals surface area contributed by atoms with Crippen molar-refractivity contribution in [2.45, 2.75) is 20.0 Å². The quantitative estimate of drug-likeness (QED) is 0.566. The fourth-order valence-corrected chi connectivity index (χ4v) is 2.87. The molecule has 0 radical (unpaired) electrons. The lowest BCUT2D eigenvalue weighted by atomic mass is 10.1. The number of amides is 1. The number of aromatic nitrogens is 2. The van der Waals surface area contributed by atoms with E-state index in [9.17, 15) is 4.79 Å². The summed E-state index contributed by atoms with van der Waals surface area (Å²) < 4.78 is 5.93. The van der Waals surface area contributed by atoms with E-state index in [0.29, 0.717) is 46.4 Å². The highest BCUT2D eigenvalue weighted by atomic mass is 35.5. The molecule has 28 heavy (non-hydrogen) atoms. The van der Waals surface area contributed by atoms with E-state index in [1.165, 1.54) is 0 Å². The topological polar surface area (TPSA) is 117 Å². The molecule has 1 heterocycles. The first-order chi connectivity index (χ1) is 13.5. The summed E-state index contributed by atoms with van der Waals surface area (Å²) in [7, 11) is 0. The average molecular weight is 396 g/mol. The second kappa shape index (κ2) is 8.57. The monoisotopic (exact) mass is 395 g/mol. The maximum Gasteiger partial charge on any atom is 0.248 e. The number of hydrogen-bond acceptors (Lipinski definition) is 5. The van der Waals surface area contributed by atoms with Crippen molar-refractivity contribution in [3.05, 3.63) is 75.6 Å². The standard InChI is InChI=1S/C20H18ClN5O2/c1-12-19(28-17-7-14(9-22)6-16(21)8-17)18(26-25-12)11-24-10-13-2-4-15(5-3-13)20(23)27/h2-8,24H,10-11H2,1H3,(H2,23,27)(H,25,26). The summed E-state index contributed by atoms with van der Waals surface area (Å²) in [6.45, 7) is 2.90. The van der Waals surface area contributed by atoms with Crippen molar-refractivity contribution in [1.82, 2.24) is 15.5 Å². The van der Waals surface area contributed by atoms with Gasteiger partial charge in [0.15, 0.2) is 5.75 Å². The number of hydrogen-bond donors (Lipinski definition) is 3. The van der Waals surface area contributed by atoms with Crippen molar-refractivity contribution in [2.75, 3.05) is 0 Å². The molecule has 0 spiro atoms. The van der Waals surface area contributed by atoms with E-state index in [0.717, 1.165) is 11.3 Å². The maximum absolute atomic E-state index is 11.1. The smallest absolute Gasteiger partial charge is 0.248 e. The predicted octanol–water partition coefficient (Wildman–Crippen LogP) is 3.42. The molecule has 3 rings (SSSR count). The summed E-state index contributed by atoms with van der Waals surface area (Å²) in [4.78, 5) is 11.1. The molecule has 1 aromatic heterocycles. The van der Waals surface area contributed by atoms with Gasteiger partial charge >= 0.3 is 0 Å². The minimum atomic E-state index is -0.449. The Kier molecular flexibility index (Phi) is 5.94. The van der Waals surface area contributed by atoms with Crippen molar-refractivity contribution in [1.29, 1.82) is 5.26 Å². The SMILES string of the molecule is Cc1n[nH]c(CNCc2ccc(C(N)=O)cc2)c1Oc1cc(Cl)cc(C#N)c1. The fourth-order valence-electron chi connectivity index (χ4n) is 2.65. The van der Waals surface area contributed by atoms with E-state index in [-0.39, 0.29) is 0 Å². The molecule has 1 amide bonds. The Hall–Kier alpha value is -3.34. The first-order valence-electron chi connectivity index (χ1n) is 8.48. The number of aryl methyl sites for hydroxylation is 1. The second-order valence-electron chi connectivity index (χ2n) is 6.17. The van der Waals surface area contributed by atoms with E-state index in [2.05, 4.69) is 21.6 Å². The minimum absolute atomic E-state index is 0.419. The summed E-state index contributed by atoms with van der Waals surface area (Å²) >= 11 is 6.03. The molecule has 2 aromatic carbocycles. The van der Waals surface area contributed by atoms with Crippen LogP contribution in [-0.2, 0) is 13.1 Å². The largest absolute Gasteiger partial charge is 0.453 e. The number of H-pyrrole nitrogens is 1. The highest BCUT2D eigenvalue weighted by molar-refractivity contribution is 6.30. The predicted molar refractivity (Wildman–Crippen MR) is 105 cm³/mol. The first-order valence-corrected chi connectivity index (χ1v) is 8.86. The Bertz CT molecular complexity index is 1040. The molecule has 0 aliphatic rings. The Labute approximate surface area is 167 Å². The number of nitrogens with two attached hydrogens (primary N) is 1. The van der Waals surface area contributed by atoms with Crippen LogP contribution in [0, 0.1) is 18.3 Å². The van der Waals surface area contributed by atoms with Crippen LogP contribution in [0.25, 0.3) is 0 Å². The molecule has 4 N–H and O–H groups in total. The van der Waals surface area contributed by atoms with Crippen molar-refractivity contribution in [3.63, 3.8) is 0 Å². The van der Waals surface area contributed by atoms with E-state index in [1.807, 2.05) is 19.1 Å². The number of halogens is 1. The van der Waals surface area contributed by atoms with Crippen LogP contribution >= 0.6 is 11.6 Å². The molecule has 3 aromatic rings. The van der Waals surface area contributed by atoms with Gasteiger partial charge in [-0.3, -0.25) is 9.89 Å². The van der Waals surface area contributed by atoms with Gasteiger partial charge in [-0.15, -0.1) is 0 Å². The number of carbonyl (C=O) groups is 1. The second-order valence-corrected chi connectivity index (χ2v) is 6.61. The first kappa shape index (κ1) is 19.4. The van der Waals surface area contributed by atoms with Gasteiger partial charge in [0, 0.05) is 23.7 Å². The molecule has 0 atom stereocenters. The highest BCUT2D eigenvalue weighted by Crippen LogP contribution is 2.30. The Balaban J connectivity index is 1.67.